The van der Waals surface area contributed by atoms with Crippen LogP contribution in [-0.2, 0) is 13.0 Å². The second-order valence-corrected chi connectivity index (χ2v) is 6.62. The van der Waals surface area contributed by atoms with Crippen molar-refractivity contribution in [3.63, 3.8) is 0 Å². The summed E-state index contributed by atoms with van der Waals surface area (Å²) in [6.45, 7) is 5.39. The molecule has 0 aromatic heterocycles. The van der Waals surface area contributed by atoms with Gasteiger partial charge in [0, 0.05) is 6.54 Å². The highest BCUT2D eigenvalue weighted by molar-refractivity contribution is 5.37. The van der Waals surface area contributed by atoms with Gasteiger partial charge in [0.15, 0.2) is 0 Å². The lowest BCUT2D eigenvalue weighted by atomic mass is 9.90. The molecule has 2 aromatic rings. The van der Waals surface area contributed by atoms with Gasteiger partial charge in [-0.15, -0.1) is 0 Å². The van der Waals surface area contributed by atoms with Crippen LogP contribution in [-0.4, -0.2) is 0 Å². The summed E-state index contributed by atoms with van der Waals surface area (Å²) in [5.41, 5.74) is 5.54. The molecule has 2 atom stereocenters. The van der Waals surface area contributed by atoms with Crippen molar-refractivity contribution in [2.24, 2.45) is 5.92 Å². The van der Waals surface area contributed by atoms with Gasteiger partial charge < -0.3 is 5.32 Å². The molecule has 0 saturated heterocycles. The average Bonchev–Trinajstić information content (AvgIpc) is 2.64. The zero-order chi connectivity index (χ0) is 16.8. The van der Waals surface area contributed by atoms with Crippen LogP contribution in [0.3, 0.4) is 0 Å². The molecular formula is C23H27N. The minimum absolute atomic E-state index is 0.250. The number of rotatable bonds is 6. The molecule has 0 aliphatic heterocycles. The Morgan fingerprint density at radius 1 is 1.00 bits per heavy atom. The minimum atomic E-state index is 0.250. The molecule has 0 amide bonds. The highest BCUT2D eigenvalue weighted by Gasteiger charge is 2.17. The van der Waals surface area contributed by atoms with Gasteiger partial charge in [0.1, 0.15) is 0 Å². The fourth-order valence-corrected chi connectivity index (χ4v) is 3.32. The molecule has 0 saturated carbocycles. The van der Waals surface area contributed by atoms with Crippen LogP contribution in [0.4, 0.5) is 0 Å². The van der Waals surface area contributed by atoms with Crippen molar-refractivity contribution >= 4 is 0 Å². The van der Waals surface area contributed by atoms with E-state index in [4.69, 9.17) is 0 Å². The first kappa shape index (κ1) is 16.7. The van der Waals surface area contributed by atoms with E-state index in [-0.39, 0.29) is 6.04 Å². The summed E-state index contributed by atoms with van der Waals surface area (Å²) in [7, 11) is 0. The van der Waals surface area contributed by atoms with E-state index in [1.54, 1.807) is 0 Å². The molecule has 2 aromatic carbocycles. The van der Waals surface area contributed by atoms with E-state index in [2.05, 4.69) is 92.0 Å². The van der Waals surface area contributed by atoms with Gasteiger partial charge in [-0.1, -0.05) is 86.7 Å². The van der Waals surface area contributed by atoms with Gasteiger partial charge in [0.25, 0.3) is 0 Å². The van der Waals surface area contributed by atoms with Crippen molar-refractivity contribution in [2.45, 2.75) is 39.3 Å². The van der Waals surface area contributed by atoms with Crippen LogP contribution < -0.4 is 5.32 Å². The van der Waals surface area contributed by atoms with E-state index in [0.29, 0.717) is 5.92 Å². The van der Waals surface area contributed by atoms with Gasteiger partial charge >= 0.3 is 0 Å². The predicted molar refractivity (Wildman–Crippen MR) is 103 cm³/mol. The largest absolute Gasteiger partial charge is 0.302 e. The van der Waals surface area contributed by atoms with Crippen molar-refractivity contribution in [3.8, 4) is 0 Å². The third kappa shape index (κ3) is 4.04. The Hall–Kier alpha value is -2.12. The highest BCUT2D eigenvalue weighted by atomic mass is 14.9. The highest BCUT2D eigenvalue weighted by Crippen LogP contribution is 2.28. The fraction of sp³-hybridized carbons (Fsp3) is 0.304. The minimum Gasteiger partial charge on any atom is -0.302 e. The molecule has 2 unspecified atom stereocenters. The lowest BCUT2D eigenvalue weighted by Crippen LogP contribution is -2.23. The van der Waals surface area contributed by atoms with Gasteiger partial charge in [0.2, 0.25) is 0 Å². The third-order valence-electron chi connectivity index (χ3n) is 4.80. The molecule has 3 rings (SSSR count). The molecule has 124 valence electrons. The maximum atomic E-state index is 3.79. The first-order valence-corrected chi connectivity index (χ1v) is 9.01. The van der Waals surface area contributed by atoms with Crippen LogP contribution >= 0.6 is 0 Å². The Morgan fingerprint density at radius 2 is 1.71 bits per heavy atom. The Morgan fingerprint density at radius 3 is 2.38 bits per heavy atom. The van der Waals surface area contributed by atoms with Crippen molar-refractivity contribution in [1.29, 1.82) is 0 Å². The van der Waals surface area contributed by atoms with E-state index in [1.165, 1.54) is 22.3 Å². The molecule has 0 fully saturated rings. The maximum Gasteiger partial charge on any atom is 0.0576 e. The predicted octanol–water partition coefficient (Wildman–Crippen LogP) is 5.60. The number of aryl methyl sites for hydroxylation is 1. The lowest BCUT2D eigenvalue weighted by molar-refractivity contribution is 0.591. The van der Waals surface area contributed by atoms with Gasteiger partial charge in [-0.25, -0.2) is 0 Å². The Balaban J connectivity index is 1.82. The summed E-state index contributed by atoms with van der Waals surface area (Å²) in [4.78, 5) is 0. The first-order valence-electron chi connectivity index (χ1n) is 9.01. The second-order valence-electron chi connectivity index (χ2n) is 6.62. The standard InChI is InChI=1S/C23H27N/c1-3-19-9-7-8-12-22(19)17-24-23(20-10-5-4-6-11-20)21-15-13-18(2)14-16-21/h4-13,15-16,18,23-24H,3,14,17H2,1-2H3. The van der Waals surface area contributed by atoms with Crippen molar-refractivity contribution in [1.82, 2.24) is 5.32 Å². The van der Waals surface area contributed by atoms with E-state index in [1.807, 2.05) is 0 Å². The summed E-state index contributed by atoms with van der Waals surface area (Å²) in [6, 6.07) is 19.8. The number of benzene rings is 2. The molecule has 1 heteroatoms. The molecular weight excluding hydrogens is 290 g/mol. The second kappa shape index (κ2) is 8.12. The average molecular weight is 317 g/mol. The monoisotopic (exact) mass is 317 g/mol. The number of hydrogen-bond donors (Lipinski definition) is 1. The summed E-state index contributed by atoms with van der Waals surface area (Å²) < 4.78 is 0. The van der Waals surface area contributed by atoms with Crippen molar-refractivity contribution in [2.75, 3.05) is 0 Å². The molecule has 24 heavy (non-hydrogen) atoms. The van der Waals surface area contributed by atoms with E-state index < -0.39 is 0 Å². The molecule has 1 N–H and O–H groups in total. The number of allylic oxidation sites excluding steroid dienone is 2. The zero-order valence-corrected chi connectivity index (χ0v) is 14.7. The smallest absolute Gasteiger partial charge is 0.0576 e. The molecule has 1 nitrogen and oxygen atoms in total. The summed E-state index contributed by atoms with van der Waals surface area (Å²) in [6.07, 6.45) is 9.22. The fourth-order valence-electron chi connectivity index (χ4n) is 3.32. The van der Waals surface area contributed by atoms with Gasteiger partial charge in [-0.2, -0.15) is 0 Å². The van der Waals surface area contributed by atoms with Gasteiger partial charge in [-0.3, -0.25) is 0 Å². The topological polar surface area (TPSA) is 12.0 Å². The maximum absolute atomic E-state index is 3.79. The quantitative estimate of drug-likeness (QED) is 0.731. The Bertz CT molecular complexity index is 712. The SMILES string of the molecule is CCc1ccccc1CNC(C1=CCC(C)C=C1)c1ccccc1. The lowest BCUT2D eigenvalue weighted by Gasteiger charge is -2.24. The third-order valence-corrected chi connectivity index (χ3v) is 4.80. The van der Waals surface area contributed by atoms with Crippen LogP contribution in [0.15, 0.2) is 78.4 Å². The van der Waals surface area contributed by atoms with Crippen LogP contribution in [0.1, 0.15) is 43.0 Å². The molecule has 1 aliphatic carbocycles. The summed E-state index contributed by atoms with van der Waals surface area (Å²) in [5, 5.41) is 3.79. The Labute approximate surface area is 146 Å². The molecule has 0 radical (unpaired) electrons. The van der Waals surface area contributed by atoms with E-state index >= 15 is 0 Å². The van der Waals surface area contributed by atoms with Crippen LogP contribution in [0.5, 0.6) is 0 Å². The molecule has 0 spiro atoms. The summed E-state index contributed by atoms with van der Waals surface area (Å²) >= 11 is 0. The molecule has 1 aliphatic rings. The van der Waals surface area contributed by atoms with Crippen LogP contribution in [0.25, 0.3) is 0 Å². The van der Waals surface area contributed by atoms with Crippen LogP contribution in [0.2, 0.25) is 0 Å². The Kier molecular flexibility index (Phi) is 5.66. The van der Waals surface area contributed by atoms with Crippen LogP contribution in [0, 0.1) is 5.92 Å². The number of hydrogen-bond acceptors (Lipinski definition) is 1. The normalized spacial score (nSPS) is 18.2. The van der Waals surface area contributed by atoms with E-state index in [9.17, 15) is 0 Å². The molecule has 0 heterocycles. The van der Waals surface area contributed by atoms with E-state index in [0.717, 1.165) is 19.4 Å². The zero-order valence-electron chi connectivity index (χ0n) is 14.7. The van der Waals surface area contributed by atoms with Gasteiger partial charge in [0.05, 0.1) is 6.04 Å². The molecule has 0 bridgehead atoms. The van der Waals surface area contributed by atoms with Crippen molar-refractivity contribution in [3.05, 3.63) is 95.1 Å². The van der Waals surface area contributed by atoms with Gasteiger partial charge in [-0.05, 0) is 41.0 Å². The number of nitrogens with one attached hydrogen (secondary N) is 1. The summed E-state index contributed by atoms with van der Waals surface area (Å²) in [5.74, 6) is 0.644. The van der Waals surface area contributed by atoms with Crippen molar-refractivity contribution < 1.29 is 0 Å². The first-order chi connectivity index (χ1) is 11.8.